The van der Waals surface area contributed by atoms with Gasteiger partial charge < -0.3 is 9.30 Å². The maximum Gasteiger partial charge on any atom is 0.171 e. The second-order valence-electron chi connectivity index (χ2n) is 9.30. The third-order valence-corrected chi connectivity index (χ3v) is 10.2. The molecule has 37 heavy (non-hydrogen) atoms. The molecule has 0 heterocycles. The molecule has 0 amide bonds. The van der Waals surface area contributed by atoms with Gasteiger partial charge in [-0.1, -0.05) is 110 Å². The van der Waals surface area contributed by atoms with Crippen LogP contribution in [0.5, 0.6) is 5.75 Å². The quantitative estimate of drug-likeness (QED) is 0.239. The van der Waals surface area contributed by atoms with Gasteiger partial charge in [0.15, 0.2) is 7.14 Å². The van der Waals surface area contributed by atoms with E-state index in [4.69, 9.17) is 4.74 Å². The first kappa shape index (κ1) is 24.8. The zero-order valence-electron chi connectivity index (χ0n) is 21.2. The van der Waals surface area contributed by atoms with Gasteiger partial charge in [0.2, 0.25) is 0 Å². The minimum absolute atomic E-state index is 0.623. The van der Waals surface area contributed by atoms with Gasteiger partial charge in [-0.25, -0.2) is 0 Å². The summed E-state index contributed by atoms with van der Waals surface area (Å²) >= 11 is 0. The Morgan fingerprint density at radius 1 is 0.730 bits per heavy atom. The van der Waals surface area contributed by atoms with Crippen molar-refractivity contribution in [3.63, 3.8) is 0 Å². The van der Waals surface area contributed by atoms with Crippen molar-refractivity contribution in [1.29, 1.82) is 0 Å². The SMILES string of the molecule is C=C(/C(C(=C)P(=O)(c1ccccc1)c1ccccc1)=C1\CCCc2ccccc21)c1ccc(OC)cc1. The van der Waals surface area contributed by atoms with E-state index in [-0.39, 0.29) is 0 Å². The Bertz CT molecular complexity index is 1470. The molecule has 0 atom stereocenters. The molecule has 0 unspecified atom stereocenters. The summed E-state index contributed by atoms with van der Waals surface area (Å²) in [4.78, 5) is 0. The molecule has 0 saturated heterocycles. The molecular weight excluding hydrogens is 471 g/mol. The number of methoxy groups -OCH3 is 1. The van der Waals surface area contributed by atoms with Crippen LogP contribution in [0.15, 0.2) is 133 Å². The van der Waals surface area contributed by atoms with E-state index in [0.717, 1.165) is 52.3 Å². The number of ether oxygens (including phenoxy) is 1. The third-order valence-electron chi connectivity index (χ3n) is 7.17. The summed E-state index contributed by atoms with van der Waals surface area (Å²) in [7, 11) is -1.62. The first-order valence-electron chi connectivity index (χ1n) is 12.6. The van der Waals surface area contributed by atoms with E-state index in [1.165, 1.54) is 16.7 Å². The van der Waals surface area contributed by atoms with Crippen LogP contribution in [-0.4, -0.2) is 7.11 Å². The molecule has 0 spiro atoms. The zero-order valence-corrected chi connectivity index (χ0v) is 22.1. The number of allylic oxidation sites excluding steroid dienone is 4. The molecule has 3 heteroatoms. The van der Waals surface area contributed by atoms with E-state index in [0.29, 0.717) is 5.31 Å². The van der Waals surface area contributed by atoms with Crippen molar-refractivity contribution >= 4 is 28.9 Å². The number of aryl methyl sites for hydroxylation is 1. The molecule has 2 nitrogen and oxygen atoms in total. The fourth-order valence-electron chi connectivity index (χ4n) is 5.24. The van der Waals surface area contributed by atoms with Crippen LogP contribution < -0.4 is 15.3 Å². The Hall–Kier alpha value is -3.87. The first-order chi connectivity index (χ1) is 18.0. The lowest BCUT2D eigenvalue weighted by Gasteiger charge is -2.29. The van der Waals surface area contributed by atoms with Crippen molar-refractivity contribution in [3.05, 3.63) is 150 Å². The molecule has 0 radical (unpaired) electrons. The van der Waals surface area contributed by atoms with Crippen molar-refractivity contribution in [1.82, 2.24) is 0 Å². The van der Waals surface area contributed by atoms with Gasteiger partial charge in [-0.3, -0.25) is 0 Å². The molecule has 4 aromatic carbocycles. The third kappa shape index (κ3) is 4.66. The molecule has 1 aliphatic rings. The van der Waals surface area contributed by atoms with Crippen molar-refractivity contribution in [2.75, 3.05) is 7.11 Å². The lowest BCUT2D eigenvalue weighted by atomic mass is 9.82. The van der Waals surface area contributed by atoms with Gasteiger partial charge in [0, 0.05) is 15.9 Å². The Balaban J connectivity index is 1.77. The Labute approximate surface area is 220 Å². The van der Waals surface area contributed by atoms with Gasteiger partial charge in [0.25, 0.3) is 0 Å². The molecule has 4 aromatic rings. The van der Waals surface area contributed by atoms with E-state index < -0.39 is 7.14 Å². The second kappa shape index (κ2) is 10.6. The van der Waals surface area contributed by atoms with Crippen molar-refractivity contribution in [2.45, 2.75) is 19.3 Å². The molecule has 0 N–H and O–H groups in total. The van der Waals surface area contributed by atoms with Gasteiger partial charge in [0.05, 0.1) is 7.11 Å². The van der Waals surface area contributed by atoms with Crippen molar-refractivity contribution < 1.29 is 9.30 Å². The summed E-state index contributed by atoms with van der Waals surface area (Å²) in [6.45, 7) is 9.17. The topological polar surface area (TPSA) is 26.3 Å². The number of hydrogen-bond acceptors (Lipinski definition) is 2. The van der Waals surface area contributed by atoms with E-state index in [1.54, 1.807) is 7.11 Å². The van der Waals surface area contributed by atoms with E-state index >= 15 is 4.57 Å². The molecule has 0 fully saturated rings. The number of hydrogen-bond donors (Lipinski definition) is 0. The lowest BCUT2D eigenvalue weighted by Crippen LogP contribution is -2.19. The molecule has 5 rings (SSSR count). The molecule has 0 bridgehead atoms. The molecule has 184 valence electrons. The average molecular weight is 503 g/mol. The average Bonchev–Trinajstić information content (AvgIpc) is 2.97. The van der Waals surface area contributed by atoms with Crippen LogP contribution in [0.25, 0.3) is 11.1 Å². The Morgan fingerprint density at radius 3 is 1.89 bits per heavy atom. The van der Waals surface area contributed by atoms with Crippen LogP contribution in [0.4, 0.5) is 0 Å². The van der Waals surface area contributed by atoms with Crippen LogP contribution in [0.2, 0.25) is 0 Å². The molecule has 0 aliphatic heterocycles. The van der Waals surface area contributed by atoms with Crippen LogP contribution in [-0.2, 0) is 11.0 Å². The predicted molar refractivity (Wildman–Crippen MR) is 157 cm³/mol. The van der Waals surface area contributed by atoms with Gasteiger partial charge in [-0.05, 0) is 64.8 Å². The monoisotopic (exact) mass is 502 g/mol. The summed E-state index contributed by atoms with van der Waals surface area (Å²) < 4.78 is 20.7. The van der Waals surface area contributed by atoms with Crippen LogP contribution in [0, 0.1) is 0 Å². The highest BCUT2D eigenvalue weighted by molar-refractivity contribution is 7.82. The summed E-state index contributed by atoms with van der Waals surface area (Å²) in [6, 6.07) is 35.9. The molecular formula is C34H31O2P. The number of rotatable bonds is 7. The molecule has 0 saturated carbocycles. The minimum atomic E-state index is -3.28. The normalized spacial score (nSPS) is 14.4. The molecule has 1 aliphatic carbocycles. The fourth-order valence-corrected chi connectivity index (χ4v) is 7.93. The smallest absolute Gasteiger partial charge is 0.171 e. The van der Waals surface area contributed by atoms with Crippen molar-refractivity contribution in [3.8, 4) is 5.75 Å². The fraction of sp³-hybridized carbons (Fsp3) is 0.118. The minimum Gasteiger partial charge on any atom is -0.497 e. The van der Waals surface area contributed by atoms with Crippen LogP contribution in [0.1, 0.15) is 29.5 Å². The standard InChI is InChI=1S/C34H31O2P/c1-25(27-21-23-29(36-3)24-22-27)34(33-20-12-14-28-13-10-11-19-32(28)33)26(2)37(35,30-15-6-4-7-16-30)31-17-8-5-9-18-31/h4-11,13,15-19,21-24H,1-2,12,14,20H2,3H3/b34-33-. The highest BCUT2D eigenvalue weighted by Gasteiger charge is 2.35. The largest absolute Gasteiger partial charge is 0.497 e. The highest BCUT2D eigenvalue weighted by atomic mass is 31.2. The lowest BCUT2D eigenvalue weighted by molar-refractivity contribution is 0.415. The molecule has 0 aromatic heterocycles. The van der Waals surface area contributed by atoms with Crippen LogP contribution in [0.3, 0.4) is 0 Å². The Kier molecular flexibility index (Phi) is 7.12. The summed E-state index contributed by atoms with van der Waals surface area (Å²) in [5.41, 5.74) is 6.36. The highest BCUT2D eigenvalue weighted by Crippen LogP contribution is 2.58. The maximum atomic E-state index is 15.4. The van der Waals surface area contributed by atoms with E-state index in [1.807, 2.05) is 84.9 Å². The number of benzene rings is 4. The van der Waals surface area contributed by atoms with E-state index in [9.17, 15) is 0 Å². The predicted octanol–water partition coefficient (Wildman–Crippen LogP) is 8.03. The summed E-state index contributed by atoms with van der Waals surface area (Å²) in [5.74, 6) is 0.784. The van der Waals surface area contributed by atoms with Gasteiger partial charge in [-0.2, -0.15) is 0 Å². The Morgan fingerprint density at radius 2 is 1.30 bits per heavy atom. The zero-order chi connectivity index (χ0) is 25.8. The summed E-state index contributed by atoms with van der Waals surface area (Å²) in [6.07, 6.45) is 2.94. The summed E-state index contributed by atoms with van der Waals surface area (Å²) in [5, 5.41) is 2.17. The van der Waals surface area contributed by atoms with Gasteiger partial charge in [0.1, 0.15) is 5.75 Å². The van der Waals surface area contributed by atoms with E-state index in [2.05, 4.69) is 37.4 Å². The van der Waals surface area contributed by atoms with Gasteiger partial charge in [-0.15, -0.1) is 0 Å². The first-order valence-corrected chi connectivity index (χ1v) is 14.3. The maximum absolute atomic E-state index is 15.4. The second-order valence-corrected chi connectivity index (χ2v) is 12.1. The van der Waals surface area contributed by atoms with Gasteiger partial charge >= 0.3 is 0 Å². The number of fused-ring (bicyclic) bond motifs is 1. The van der Waals surface area contributed by atoms with Crippen molar-refractivity contribution in [2.24, 2.45) is 0 Å². The van der Waals surface area contributed by atoms with Crippen LogP contribution >= 0.6 is 7.14 Å².